The van der Waals surface area contributed by atoms with E-state index in [-0.39, 0.29) is 0 Å². The summed E-state index contributed by atoms with van der Waals surface area (Å²) in [5.74, 6) is 0. The van der Waals surface area contributed by atoms with Crippen LogP contribution in [0.25, 0.3) is 0 Å². The van der Waals surface area contributed by atoms with Crippen LogP contribution in [0.15, 0.2) is 12.2 Å². The van der Waals surface area contributed by atoms with Gasteiger partial charge in [-0.15, -0.1) is 0 Å². The highest BCUT2D eigenvalue weighted by atomic mass is 16.5. The van der Waals surface area contributed by atoms with E-state index >= 15 is 0 Å². The molecule has 0 spiro atoms. The number of rotatable bonds is 5. The fourth-order valence-corrected chi connectivity index (χ4v) is 0.402. The SMILES string of the molecule is C=C(CC)COCCN. The van der Waals surface area contributed by atoms with Crippen molar-refractivity contribution in [3.05, 3.63) is 12.2 Å². The summed E-state index contributed by atoms with van der Waals surface area (Å²) in [6.45, 7) is 7.74. The molecule has 0 aromatic carbocycles. The van der Waals surface area contributed by atoms with Crippen LogP contribution < -0.4 is 5.73 Å². The number of hydrogen-bond donors (Lipinski definition) is 1. The normalized spacial score (nSPS) is 9.56. The van der Waals surface area contributed by atoms with E-state index in [1.54, 1.807) is 0 Å². The zero-order chi connectivity index (χ0) is 7.11. The average molecular weight is 129 g/mol. The smallest absolute Gasteiger partial charge is 0.0674 e. The van der Waals surface area contributed by atoms with E-state index in [0.29, 0.717) is 19.8 Å². The predicted molar refractivity (Wildman–Crippen MR) is 39.3 cm³/mol. The maximum absolute atomic E-state index is 5.20. The van der Waals surface area contributed by atoms with Crippen molar-refractivity contribution in [3.8, 4) is 0 Å². The van der Waals surface area contributed by atoms with Gasteiger partial charge in [-0.25, -0.2) is 0 Å². The predicted octanol–water partition coefficient (Wildman–Crippen LogP) is 0.928. The Bertz CT molecular complexity index is 81.0. The van der Waals surface area contributed by atoms with Crippen molar-refractivity contribution in [3.63, 3.8) is 0 Å². The van der Waals surface area contributed by atoms with Gasteiger partial charge in [-0.05, 0) is 6.42 Å². The third kappa shape index (κ3) is 5.53. The van der Waals surface area contributed by atoms with Gasteiger partial charge < -0.3 is 10.5 Å². The zero-order valence-electron chi connectivity index (χ0n) is 6.02. The Kier molecular flexibility index (Phi) is 5.57. The summed E-state index contributed by atoms with van der Waals surface area (Å²) in [6.07, 6.45) is 0.991. The Morgan fingerprint density at radius 2 is 2.33 bits per heavy atom. The van der Waals surface area contributed by atoms with E-state index in [2.05, 4.69) is 13.5 Å². The topological polar surface area (TPSA) is 35.2 Å². The van der Waals surface area contributed by atoms with Gasteiger partial charge in [0.15, 0.2) is 0 Å². The zero-order valence-corrected chi connectivity index (χ0v) is 6.02. The van der Waals surface area contributed by atoms with Crippen LogP contribution in [0, 0.1) is 0 Å². The van der Waals surface area contributed by atoms with Crippen molar-refractivity contribution in [2.24, 2.45) is 5.73 Å². The van der Waals surface area contributed by atoms with Gasteiger partial charge in [0, 0.05) is 6.54 Å². The molecule has 2 nitrogen and oxygen atoms in total. The van der Waals surface area contributed by atoms with Gasteiger partial charge in [-0.3, -0.25) is 0 Å². The van der Waals surface area contributed by atoms with E-state index in [9.17, 15) is 0 Å². The van der Waals surface area contributed by atoms with Crippen molar-refractivity contribution in [2.75, 3.05) is 19.8 Å². The number of ether oxygens (including phenoxy) is 1. The van der Waals surface area contributed by atoms with Crippen LogP contribution in [0.3, 0.4) is 0 Å². The monoisotopic (exact) mass is 129 g/mol. The molecule has 0 rings (SSSR count). The van der Waals surface area contributed by atoms with Crippen LogP contribution in [-0.4, -0.2) is 19.8 Å². The second kappa shape index (κ2) is 5.79. The van der Waals surface area contributed by atoms with E-state index in [0.717, 1.165) is 12.0 Å². The molecule has 9 heavy (non-hydrogen) atoms. The Hall–Kier alpha value is -0.340. The van der Waals surface area contributed by atoms with E-state index in [1.807, 2.05) is 0 Å². The fourth-order valence-electron chi connectivity index (χ4n) is 0.402. The molecule has 0 fully saturated rings. The summed E-state index contributed by atoms with van der Waals surface area (Å²) in [4.78, 5) is 0. The van der Waals surface area contributed by atoms with Crippen LogP contribution in [0.5, 0.6) is 0 Å². The van der Waals surface area contributed by atoms with Gasteiger partial charge >= 0.3 is 0 Å². The fraction of sp³-hybridized carbons (Fsp3) is 0.714. The lowest BCUT2D eigenvalue weighted by Gasteiger charge is -2.01. The molecule has 54 valence electrons. The highest BCUT2D eigenvalue weighted by Gasteiger charge is 1.88. The first-order valence-electron chi connectivity index (χ1n) is 3.25. The molecule has 0 atom stereocenters. The first-order chi connectivity index (χ1) is 4.31. The Balaban J connectivity index is 2.97. The third-order valence-corrected chi connectivity index (χ3v) is 1.07. The van der Waals surface area contributed by atoms with Gasteiger partial charge in [-0.2, -0.15) is 0 Å². The molecule has 0 aliphatic carbocycles. The summed E-state index contributed by atoms with van der Waals surface area (Å²) in [7, 11) is 0. The minimum atomic E-state index is 0.594. The third-order valence-electron chi connectivity index (χ3n) is 1.07. The Labute approximate surface area is 56.7 Å². The van der Waals surface area contributed by atoms with Crippen molar-refractivity contribution in [1.29, 1.82) is 0 Å². The maximum Gasteiger partial charge on any atom is 0.0674 e. The van der Waals surface area contributed by atoms with Crippen molar-refractivity contribution in [1.82, 2.24) is 0 Å². The molecule has 0 radical (unpaired) electrons. The second-order valence-corrected chi connectivity index (χ2v) is 1.94. The lowest BCUT2D eigenvalue weighted by Crippen LogP contribution is -2.09. The molecule has 0 saturated carbocycles. The molecule has 0 amide bonds. The summed E-state index contributed by atoms with van der Waals surface area (Å²) < 4.78 is 5.11. The summed E-state index contributed by atoms with van der Waals surface area (Å²) >= 11 is 0. The lowest BCUT2D eigenvalue weighted by atomic mass is 10.2. The summed E-state index contributed by atoms with van der Waals surface area (Å²) in [5, 5.41) is 0. The molecule has 0 heterocycles. The molecule has 0 aliphatic heterocycles. The summed E-state index contributed by atoms with van der Waals surface area (Å²) in [5.41, 5.74) is 6.33. The first kappa shape index (κ1) is 8.66. The molecule has 0 unspecified atom stereocenters. The van der Waals surface area contributed by atoms with Gasteiger partial charge in [0.1, 0.15) is 0 Å². The highest BCUT2D eigenvalue weighted by molar-refractivity contribution is 4.92. The van der Waals surface area contributed by atoms with Crippen LogP contribution in [-0.2, 0) is 4.74 Å². The average Bonchev–Trinajstić information content (AvgIpc) is 1.89. The molecule has 0 saturated heterocycles. The molecule has 0 bridgehead atoms. The van der Waals surface area contributed by atoms with Crippen LogP contribution >= 0.6 is 0 Å². The minimum absolute atomic E-state index is 0.594. The standard InChI is InChI=1S/C7H15NO/c1-3-7(2)6-9-5-4-8/h2-6,8H2,1H3. The van der Waals surface area contributed by atoms with Gasteiger partial charge in [0.2, 0.25) is 0 Å². The van der Waals surface area contributed by atoms with E-state index in [4.69, 9.17) is 10.5 Å². The number of nitrogens with two attached hydrogens (primary N) is 1. The van der Waals surface area contributed by atoms with Gasteiger partial charge in [-0.1, -0.05) is 19.1 Å². The molecule has 0 aromatic rings. The Morgan fingerprint density at radius 3 is 2.78 bits per heavy atom. The van der Waals surface area contributed by atoms with Crippen LogP contribution in [0.1, 0.15) is 13.3 Å². The maximum atomic E-state index is 5.20. The van der Waals surface area contributed by atoms with Crippen LogP contribution in [0.4, 0.5) is 0 Å². The van der Waals surface area contributed by atoms with E-state index in [1.165, 1.54) is 0 Å². The summed E-state index contributed by atoms with van der Waals surface area (Å²) in [6, 6.07) is 0. The lowest BCUT2D eigenvalue weighted by molar-refractivity contribution is 0.163. The van der Waals surface area contributed by atoms with Crippen molar-refractivity contribution in [2.45, 2.75) is 13.3 Å². The van der Waals surface area contributed by atoms with Crippen molar-refractivity contribution >= 4 is 0 Å². The van der Waals surface area contributed by atoms with Gasteiger partial charge in [0.05, 0.1) is 13.2 Å². The second-order valence-electron chi connectivity index (χ2n) is 1.94. The molecule has 2 N–H and O–H groups in total. The van der Waals surface area contributed by atoms with Crippen LogP contribution in [0.2, 0.25) is 0 Å². The quantitative estimate of drug-likeness (QED) is 0.442. The largest absolute Gasteiger partial charge is 0.376 e. The molecular weight excluding hydrogens is 114 g/mol. The first-order valence-corrected chi connectivity index (χ1v) is 3.25. The highest BCUT2D eigenvalue weighted by Crippen LogP contribution is 1.95. The molecule has 0 aromatic heterocycles. The minimum Gasteiger partial charge on any atom is -0.376 e. The Morgan fingerprint density at radius 1 is 1.67 bits per heavy atom. The molecule has 2 heteroatoms. The molecule has 0 aliphatic rings. The number of hydrogen-bond acceptors (Lipinski definition) is 2. The van der Waals surface area contributed by atoms with Gasteiger partial charge in [0.25, 0.3) is 0 Å². The van der Waals surface area contributed by atoms with Crippen molar-refractivity contribution < 1.29 is 4.74 Å². The molecular formula is C7H15NO. The van der Waals surface area contributed by atoms with E-state index < -0.39 is 0 Å².